The second-order valence-corrected chi connectivity index (χ2v) is 10.9. The van der Waals surface area contributed by atoms with Crippen LogP contribution in [-0.2, 0) is 24.3 Å². The molecule has 0 aliphatic carbocycles. The summed E-state index contributed by atoms with van der Waals surface area (Å²) in [4.78, 5) is 46.5. The van der Waals surface area contributed by atoms with Crippen molar-refractivity contribution in [3.05, 3.63) is 69.8 Å². The summed E-state index contributed by atoms with van der Waals surface area (Å²) < 4.78 is 1.86. The number of hydrogen-bond donors (Lipinski definition) is 2. The number of rotatable bonds is 3. The van der Waals surface area contributed by atoms with Crippen molar-refractivity contribution in [2.24, 2.45) is 11.8 Å². The molecule has 2 unspecified atom stereocenters. The van der Waals surface area contributed by atoms with Crippen LogP contribution in [0.5, 0.6) is 0 Å². The van der Waals surface area contributed by atoms with Crippen molar-refractivity contribution in [3.8, 4) is 0 Å². The zero-order valence-electron chi connectivity index (χ0n) is 20.9. The molecule has 0 saturated carbocycles. The highest BCUT2D eigenvalue weighted by Gasteiger charge is 2.38. The number of piperidine rings is 1. The molecule has 1 saturated heterocycles. The van der Waals surface area contributed by atoms with Crippen molar-refractivity contribution in [2.75, 3.05) is 19.6 Å². The van der Waals surface area contributed by atoms with Crippen LogP contribution in [0, 0.1) is 11.8 Å². The largest absolute Gasteiger partial charge is 0.357 e. The Balaban J connectivity index is 1.16. The Morgan fingerprint density at radius 3 is 2.69 bits per heavy atom. The van der Waals surface area contributed by atoms with Crippen LogP contribution < -0.4 is 10.9 Å². The number of aromatic amines is 1. The van der Waals surface area contributed by atoms with Gasteiger partial charge in [-0.05, 0) is 42.4 Å². The van der Waals surface area contributed by atoms with Gasteiger partial charge in [-0.2, -0.15) is 0 Å². The minimum atomic E-state index is -0.583. The SMILES string of the molecule is CC(C)[C@H](NC(=O)N1CC2CC(C1)c1cccc(=O)n1C2)C(=O)N1CCc2c([nH]c3ccccc23)C1. The number of nitrogens with one attached hydrogen (secondary N) is 2. The molecule has 8 heteroatoms. The molecule has 2 bridgehead atoms. The minimum absolute atomic E-state index is 0.0308. The Labute approximate surface area is 210 Å². The second kappa shape index (κ2) is 8.84. The van der Waals surface area contributed by atoms with Crippen LogP contribution in [0.1, 0.15) is 43.1 Å². The Morgan fingerprint density at radius 1 is 1.03 bits per heavy atom. The predicted octanol–water partition coefficient (Wildman–Crippen LogP) is 3.07. The highest BCUT2D eigenvalue weighted by Crippen LogP contribution is 2.35. The lowest BCUT2D eigenvalue weighted by molar-refractivity contribution is -0.135. The van der Waals surface area contributed by atoms with Gasteiger partial charge >= 0.3 is 6.03 Å². The number of fused-ring (bicyclic) bond motifs is 7. The summed E-state index contributed by atoms with van der Waals surface area (Å²) in [5, 5.41) is 4.30. The maximum atomic E-state index is 13.6. The number of hydrogen-bond acceptors (Lipinski definition) is 3. The Bertz CT molecular complexity index is 1390. The predicted molar refractivity (Wildman–Crippen MR) is 138 cm³/mol. The zero-order chi connectivity index (χ0) is 25.0. The minimum Gasteiger partial charge on any atom is -0.357 e. The molecule has 188 valence electrons. The Kier molecular flexibility index (Phi) is 5.62. The molecule has 3 aliphatic rings. The maximum absolute atomic E-state index is 13.6. The van der Waals surface area contributed by atoms with E-state index in [1.54, 1.807) is 12.1 Å². The molecule has 1 aromatic carbocycles. The topological polar surface area (TPSA) is 90.4 Å². The first kappa shape index (κ1) is 22.9. The fraction of sp³-hybridized carbons (Fsp3) is 0.464. The van der Waals surface area contributed by atoms with Crippen molar-refractivity contribution in [2.45, 2.75) is 51.7 Å². The van der Waals surface area contributed by atoms with Crippen LogP contribution in [0.2, 0.25) is 0 Å². The Hall–Kier alpha value is -3.55. The van der Waals surface area contributed by atoms with Gasteiger partial charge in [0.25, 0.3) is 5.56 Å². The summed E-state index contributed by atoms with van der Waals surface area (Å²) in [6, 6.07) is 12.9. The van der Waals surface area contributed by atoms with Gasteiger partial charge in [0.05, 0.1) is 6.54 Å². The van der Waals surface area contributed by atoms with Crippen LogP contribution in [0.15, 0.2) is 47.3 Å². The molecule has 3 aliphatic heterocycles. The van der Waals surface area contributed by atoms with Crippen LogP contribution in [-0.4, -0.2) is 57.0 Å². The van der Waals surface area contributed by atoms with Crippen LogP contribution in [0.25, 0.3) is 10.9 Å². The molecule has 36 heavy (non-hydrogen) atoms. The third kappa shape index (κ3) is 3.88. The summed E-state index contributed by atoms with van der Waals surface area (Å²) in [5.74, 6) is 0.330. The van der Waals surface area contributed by atoms with Crippen LogP contribution >= 0.6 is 0 Å². The zero-order valence-corrected chi connectivity index (χ0v) is 20.9. The molecule has 3 aromatic rings. The summed E-state index contributed by atoms with van der Waals surface area (Å²) in [5.41, 5.74) is 4.52. The van der Waals surface area contributed by atoms with Gasteiger partial charge in [-0.1, -0.05) is 38.1 Å². The van der Waals surface area contributed by atoms with E-state index in [0.717, 1.165) is 29.7 Å². The average molecular weight is 488 g/mol. The fourth-order valence-corrected chi connectivity index (χ4v) is 6.38. The first-order valence-electron chi connectivity index (χ1n) is 13.0. The fourth-order valence-electron chi connectivity index (χ4n) is 6.38. The van der Waals surface area contributed by atoms with Gasteiger partial charge in [0.1, 0.15) is 6.04 Å². The standard InChI is InChI=1S/C28H33N5O3/c1-17(2)26(27(35)31-11-10-21-20-6-3-4-7-22(20)29-23(21)16-31)30-28(36)32-13-18-12-19(15-32)24-8-5-9-25(34)33(24)14-18/h3-9,17-19,26,29H,10-16H2,1-2H3,(H,30,36)/t18?,19?,26-/m0/s1. The lowest BCUT2D eigenvalue weighted by Gasteiger charge is -2.43. The molecular weight excluding hydrogens is 454 g/mol. The van der Waals surface area contributed by atoms with Gasteiger partial charge in [-0.15, -0.1) is 0 Å². The monoisotopic (exact) mass is 487 g/mol. The number of nitrogens with zero attached hydrogens (tertiary/aromatic N) is 3. The van der Waals surface area contributed by atoms with Gasteiger partial charge in [0, 0.05) is 60.5 Å². The molecule has 0 radical (unpaired) electrons. The first-order chi connectivity index (χ1) is 17.4. The van der Waals surface area contributed by atoms with E-state index in [1.165, 1.54) is 10.9 Å². The van der Waals surface area contributed by atoms with Gasteiger partial charge < -0.3 is 24.7 Å². The number of H-pyrrole nitrogens is 1. The van der Waals surface area contributed by atoms with Crippen molar-refractivity contribution >= 4 is 22.8 Å². The summed E-state index contributed by atoms with van der Waals surface area (Å²) in [6.45, 7) is 6.94. The van der Waals surface area contributed by atoms with Gasteiger partial charge in [-0.25, -0.2) is 4.79 Å². The van der Waals surface area contributed by atoms with Crippen molar-refractivity contribution in [1.29, 1.82) is 0 Å². The highest BCUT2D eigenvalue weighted by molar-refractivity contribution is 5.89. The Morgan fingerprint density at radius 2 is 1.86 bits per heavy atom. The lowest BCUT2D eigenvalue weighted by atomic mass is 9.83. The van der Waals surface area contributed by atoms with E-state index in [1.807, 2.05) is 46.4 Å². The number of carbonyl (C=O) groups is 2. The van der Waals surface area contributed by atoms with Crippen molar-refractivity contribution in [1.82, 2.24) is 24.7 Å². The van der Waals surface area contributed by atoms with Crippen LogP contribution in [0.3, 0.4) is 0 Å². The number of carbonyl (C=O) groups excluding carboxylic acids is 2. The van der Waals surface area contributed by atoms with E-state index in [4.69, 9.17) is 0 Å². The van der Waals surface area contributed by atoms with E-state index in [9.17, 15) is 14.4 Å². The van der Waals surface area contributed by atoms with E-state index in [-0.39, 0.29) is 35.3 Å². The molecule has 5 heterocycles. The number of amides is 3. The van der Waals surface area contributed by atoms with Gasteiger partial charge in [0.15, 0.2) is 0 Å². The normalized spacial score (nSPS) is 21.8. The number of aromatic nitrogens is 2. The third-order valence-corrected chi connectivity index (χ3v) is 8.17. The first-order valence-corrected chi connectivity index (χ1v) is 13.0. The van der Waals surface area contributed by atoms with Gasteiger partial charge in [-0.3, -0.25) is 9.59 Å². The number of urea groups is 1. The van der Waals surface area contributed by atoms with E-state index < -0.39 is 6.04 Å². The molecular formula is C28H33N5O3. The quantitative estimate of drug-likeness (QED) is 0.595. The van der Waals surface area contributed by atoms with E-state index in [2.05, 4.69) is 22.4 Å². The maximum Gasteiger partial charge on any atom is 0.318 e. The van der Waals surface area contributed by atoms with E-state index >= 15 is 0 Å². The molecule has 0 spiro atoms. The van der Waals surface area contributed by atoms with Crippen molar-refractivity contribution in [3.63, 3.8) is 0 Å². The molecule has 3 atom stereocenters. The second-order valence-electron chi connectivity index (χ2n) is 10.9. The molecule has 2 N–H and O–H groups in total. The molecule has 2 aromatic heterocycles. The van der Waals surface area contributed by atoms with Gasteiger partial charge in [0.2, 0.25) is 5.91 Å². The highest BCUT2D eigenvalue weighted by atomic mass is 16.2. The molecule has 6 rings (SSSR count). The van der Waals surface area contributed by atoms with Crippen molar-refractivity contribution < 1.29 is 9.59 Å². The average Bonchev–Trinajstić information content (AvgIpc) is 3.25. The molecule has 8 nitrogen and oxygen atoms in total. The smallest absolute Gasteiger partial charge is 0.318 e. The molecule has 3 amide bonds. The lowest BCUT2D eigenvalue weighted by Crippen LogP contribution is -2.57. The summed E-state index contributed by atoms with van der Waals surface area (Å²) >= 11 is 0. The number of likely N-dealkylation sites (tertiary alicyclic amines) is 1. The molecule has 1 fully saturated rings. The van der Waals surface area contributed by atoms with Crippen LogP contribution in [0.4, 0.5) is 4.79 Å². The summed E-state index contributed by atoms with van der Waals surface area (Å²) in [7, 11) is 0. The summed E-state index contributed by atoms with van der Waals surface area (Å²) in [6.07, 6.45) is 1.79. The third-order valence-electron chi connectivity index (χ3n) is 8.17. The number of pyridine rings is 1. The van der Waals surface area contributed by atoms with E-state index in [0.29, 0.717) is 32.7 Å². The number of benzene rings is 1. The number of para-hydroxylation sites is 1.